The number of fused-ring (bicyclic) bond motifs is 1. The summed E-state index contributed by atoms with van der Waals surface area (Å²) >= 11 is 0. The zero-order valence-corrected chi connectivity index (χ0v) is 14.4. The van der Waals surface area contributed by atoms with Crippen LogP contribution < -0.4 is 10.0 Å². The Hall–Kier alpha value is -2.18. The summed E-state index contributed by atoms with van der Waals surface area (Å²) in [6.45, 7) is 4.13. The van der Waals surface area contributed by atoms with Gasteiger partial charge in [0.05, 0.1) is 10.8 Å². The van der Waals surface area contributed by atoms with Gasteiger partial charge in [-0.05, 0) is 35.2 Å². The van der Waals surface area contributed by atoms with Crippen molar-refractivity contribution in [1.82, 2.24) is 4.72 Å². The molecular weight excluding hydrogens is 324 g/mol. The van der Waals surface area contributed by atoms with Crippen LogP contribution in [-0.2, 0) is 21.4 Å². The van der Waals surface area contributed by atoms with Gasteiger partial charge in [0.2, 0.25) is 15.9 Å². The van der Waals surface area contributed by atoms with E-state index in [-0.39, 0.29) is 29.2 Å². The molecule has 0 aliphatic carbocycles. The number of benzene rings is 2. The van der Waals surface area contributed by atoms with Crippen molar-refractivity contribution in [3.05, 3.63) is 59.7 Å². The van der Waals surface area contributed by atoms with Gasteiger partial charge in [-0.2, -0.15) is 0 Å². The second-order valence-electron chi connectivity index (χ2n) is 6.27. The molecule has 1 atom stereocenters. The normalized spacial score (nSPS) is 17.0. The van der Waals surface area contributed by atoms with E-state index in [9.17, 15) is 13.2 Å². The van der Waals surface area contributed by atoms with Crippen molar-refractivity contribution in [2.75, 3.05) is 5.32 Å². The van der Waals surface area contributed by atoms with Crippen molar-refractivity contribution < 1.29 is 13.2 Å². The SMILES string of the molecule is CC(C)[C@H]1C(=O)Nc2ccc(S(=O)(=O)NCc3ccccc3)cc21. The number of carbonyl (C=O) groups excluding carboxylic acids is 1. The molecule has 1 aliphatic rings. The van der Waals surface area contributed by atoms with Crippen molar-refractivity contribution in [2.45, 2.75) is 31.2 Å². The van der Waals surface area contributed by atoms with E-state index in [1.165, 1.54) is 6.07 Å². The Kier molecular flexibility index (Phi) is 4.43. The molecule has 0 aromatic heterocycles. The lowest BCUT2D eigenvalue weighted by molar-refractivity contribution is -0.117. The molecule has 0 radical (unpaired) electrons. The van der Waals surface area contributed by atoms with Crippen LogP contribution in [0, 0.1) is 5.92 Å². The molecule has 0 bridgehead atoms. The maximum atomic E-state index is 12.5. The van der Waals surface area contributed by atoms with E-state index in [4.69, 9.17) is 0 Å². The Morgan fingerprint density at radius 2 is 1.83 bits per heavy atom. The third-order valence-electron chi connectivity index (χ3n) is 4.18. The fraction of sp³-hybridized carbons (Fsp3) is 0.278. The Labute approximate surface area is 142 Å². The van der Waals surface area contributed by atoms with Gasteiger partial charge >= 0.3 is 0 Å². The van der Waals surface area contributed by atoms with Crippen LogP contribution in [0.5, 0.6) is 0 Å². The number of hydrogen-bond acceptors (Lipinski definition) is 3. The van der Waals surface area contributed by atoms with Gasteiger partial charge in [0.15, 0.2) is 0 Å². The molecule has 5 nitrogen and oxygen atoms in total. The Morgan fingerprint density at radius 1 is 1.12 bits per heavy atom. The molecule has 0 unspecified atom stereocenters. The van der Waals surface area contributed by atoms with E-state index < -0.39 is 10.0 Å². The maximum absolute atomic E-state index is 12.5. The van der Waals surface area contributed by atoms with Gasteiger partial charge in [-0.1, -0.05) is 44.2 Å². The fourth-order valence-electron chi connectivity index (χ4n) is 2.95. The van der Waals surface area contributed by atoms with Gasteiger partial charge in [0.1, 0.15) is 0 Å². The molecule has 3 rings (SSSR count). The first kappa shape index (κ1) is 16.7. The summed E-state index contributed by atoms with van der Waals surface area (Å²) in [7, 11) is -3.64. The van der Waals surface area contributed by atoms with Crippen molar-refractivity contribution in [3.63, 3.8) is 0 Å². The predicted molar refractivity (Wildman–Crippen MR) is 93.1 cm³/mol. The molecule has 1 heterocycles. The lowest BCUT2D eigenvalue weighted by Crippen LogP contribution is -2.23. The van der Waals surface area contributed by atoms with Gasteiger partial charge in [0, 0.05) is 12.2 Å². The summed E-state index contributed by atoms with van der Waals surface area (Å²) in [6, 6.07) is 14.1. The Balaban J connectivity index is 1.86. The minimum atomic E-state index is -3.64. The molecule has 1 aliphatic heterocycles. The highest BCUT2D eigenvalue weighted by atomic mass is 32.2. The van der Waals surface area contributed by atoms with Crippen LogP contribution in [0.4, 0.5) is 5.69 Å². The van der Waals surface area contributed by atoms with E-state index in [2.05, 4.69) is 10.0 Å². The lowest BCUT2D eigenvalue weighted by atomic mass is 9.90. The minimum absolute atomic E-state index is 0.0770. The largest absolute Gasteiger partial charge is 0.325 e. The first-order valence-electron chi connectivity index (χ1n) is 7.87. The molecule has 0 saturated carbocycles. The summed E-state index contributed by atoms with van der Waals surface area (Å²) in [5.74, 6) is -0.294. The summed E-state index contributed by atoms with van der Waals surface area (Å²) in [6.07, 6.45) is 0. The fourth-order valence-corrected chi connectivity index (χ4v) is 4.00. The third-order valence-corrected chi connectivity index (χ3v) is 5.58. The van der Waals surface area contributed by atoms with Crippen LogP contribution in [0.25, 0.3) is 0 Å². The van der Waals surface area contributed by atoms with E-state index in [1.807, 2.05) is 44.2 Å². The molecule has 6 heteroatoms. The first-order chi connectivity index (χ1) is 11.4. The van der Waals surface area contributed by atoms with E-state index in [0.717, 1.165) is 11.1 Å². The van der Waals surface area contributed by atoms with Crippen LogP contribution in [0.15, 0.2) is 53.4 Å². The summed E-state index contributed by atoms with van der Waals surface area (Å²) in [4.78, 5) is 12.2. The first-order valence-corrected chi connectivity index (χ1v) is 9.35. The average molecular weight is 344 g/mol. The number of rotatable bonds is 5. The van der Waals surface area contributed by atoms with Crippen molar-refractivity contribution >= 4 is 21.6 Å². The van der Waals surface area contributed by atoms with Crippen LogP contribution in [0.2, 0.25) is 0 Å². The molecule has 2 aromatic rings. The molecule has 2 aromatic carbocycles. The number of nitrogens with one attached hydrogen (secondary N) is 2. The van der Waals surface area contributed by atoms with Gasteiger partial charge in [-0.25, -0.2) is 13.1 Å². The molecule has 0 fully saturated rings. The monoisotopic (exact) mass is 344 g/mol. The summed E-state index contributed by atoms with van der Waals surface area (Å²) in [5.41, 5.74) is 2.33. The maximum Gasteiger partial charge on any atom is 0.240 e. The quantitative estimate of drug-likeness (QED) is 0.876. The third kappa shape index (κ3) is 3.20. The Bertz CT molecular complexity index is 861. The van der Waals surface area contributed by atoms with Gasteiger partial charge < -0.3 is 5.32 Å². The molecule has 0 spiro atoms. The van der Waals surface area contributed by atoms with Crippen molar-refractivity contribution in [3.8, 4) is 0 Å². The second kappa shape index (κ2) is 6.37. The van der Waals surface area contributed by atoms with Gasteiger partial charge in [0.25, 0.3) is 0 Å². The number of hydrogen-bond donors (Lipinski definition) is 2. The van der Waals surface area contributed by atoms with Gasteiger partial charge in [-0.15, -0.1) is 0 Å². The van der Waals surface area contributed by atoms with Crippen LogP contribution in [0.3, 0.4) is 0 Å². The standard InChI is InChI=1S/C18H20N2O3S/c1-12(2)17-15-10-14(8-9-16(15)20-18(17)21)24(22,23)19-11-13-6-4-3-5-7-13/h3-10,12,17,19H,11H2,1-2H3,(H,20,21)/t17-/m1/s1. The zero-order chi connectivity index (χ0) is 17.3. The van der Waals surface area contributed by atoms with Crippen molar-refractivity contribution in [2.24, 2.45) is 5.92 Å². The lowest BCUT2D eigenvalue weighted by Gasteiger charge is -2.14. The number of carbonyl (C=O) groups is 1. The highest BCUT2D eigenvalue weighted by molar-refractivity contribution is 7.89. The molecule has 24 heavy (non-hydrogen) atoms. The van der Waals surface area contributed by atoms with E-state index in [0.29, 0.717) is 5.69 Å². The second-order valence-corrected chi connectivity index (χ2v) is 8.04. The van der Waals surface area contributed by atoms with Crippen LogP contribution in [0.1, 0.15) is 30.9 Å². The number of anilines is 1. The average Bonchev–Trinajstić information content (AvgIpc) is 2.89. The molecule has 2 N–H and O–H groups in total. The summed E-state index contributed by atoms with van der Waals surface area (Å²) < 4.78 is 27.7. The summed E-state index contributed by atoms with van der Waals surface area (Å²) in [5, 5.41) is 2.81. The topological polar surface area (TPSA) is 75.3 Å². The Morgan fingerprint density at radius 3 is 2.50 bits per heavy atom. The molecule has 0 saturated heterocycles. The molecular formula is C18H20N2O3S. The zero-order valence-electron chi connectivity index (χ0n) is 13.6. The number of sulfonamides is 1. The number of amides is 1. The highest BCUT2D eigenvalue weighted by Crippen LogP contribution is 2.38. The van der Waals surface area contributed by atoms with Crippen molar-refractivity contribution in [1.29, 1.82) is 0 Å². The van der Waals surface area contributed by atoms with Crippen LogP contribution >= 0.6 is 0 Å². The van der Waals surface area contributed by atoms with Gasteiger partial charge in [-0.3, -0.25) is 4.79 Å². The minimum Gasteiger partial charge on any atom is -0.325 e. The molecule has 1 amide bonds. The van der Waals surface area contributed by atoms with E-state index >= 15 is 0 Å². The molecule has 126 valence electrons. The highest BCUT2D eigenvalue weighted by Gasteiger charge is 2.33. The smallest absolute Gasteiger partial charge is 0.240 e. The van der Waals surface area contributed by atoms with Crippen LogP contribution in [-0.4, -0.2) is 14.3 Å². The van der Waals surface area contributed by atoms with E-state index in [1.54, 1.807) is 12.1 Å². The predicted octanol–water partition coefficient (Wildman–Crippen LogP) is 2.86.